The van der Waals surface area contributed by atoms with Gasteiger partial charge in [-0.05, 0) is 31.1 Å². The first-order valence-corrected chi connectivity index (χ1v) is 10.9. The fourth-order valence-electron chi connectivity index (χ4n) is 2.17. The number of methoxy groups -OCH3 is 1. The minimum Gasteiger partial charge on any atom is -0.480 e. The highest BCUT2D eigenvalue weighted by molar-refractivity contribution is 5.96. The molecule has 1 aromatic rings. The summed E-state index contributed by atoms with van der Waals surface area (Å²) in [7, 11) is 3.11. The molecule has 0 radical (unpaired) electrons. The monoisotopic (exact) mass is 484 g/mol. The molecular formula is C25H39F3N4O2. The van der Waals surface area contributed by atoms with E-state index in [0.29, 0.717) is 17.7 Å². The predicted molar refractivity (Wildman–Crippen MR) is 133 cm³/mol. The van der Waals surface area contributed by atoms with E-state index in [1.165, 1.54) is 13.3 Å². The summed E-state index contributed by atoms with van der Waals surface area (Å²) >= 11 is 0. The van der Waals surface area contributed by atoms with E-state index >= 15 is 0 Å². The zero-order valence-corrected chi connectivity index (χ0v) is 21.1. The van der Waals surface area contributed by atoms with Crippen molar-refractivity contribution in [3.05, 3.63) is 71.2 Å². The molecule has 0 heterocycles. The van der Waals surface area contributed by atoms with E-state index in [1.807, 2.05) is 0 Å². The Morgan fingerprint density at radius 1 is 1.21 bits per heavy atom. The van der Waals surface area contributed by atoms with Crippen LogP contribution in [0.25, 0.3) is 0 Å². The van der Waals surface area contributed by atoms with Crippen molar-refractivity contribution in [2.45, 2.75) is 53.5 Å². The summed E-state index contributed by atoms with van der Waals surface area (Å²) in [5.41, 5.74) is 6.23. The second-order valence-corrected chi connectivity index (χ2v) is 7.72. The van der Waals surface area contributed by atoms with Gasteiger partial charge in [0.25, 0.3) is 0 Å². The Balaban J connectivity index is 0. The number of hydrogen-bond donors (Lipinski definition) is 3. The third-order valence-electron chi connectivity index (χ3n) is 3.74. The topological polar surface area (TPSA) is 88.7 Å². The SMILES string of the molecule is C=C(CCCC)/C(=C\NC)C(N)=O.C=N/C(=C/NCc1c(F)cc(F)cc1F)OC.CC(C)C. The van der Waals surface area contributed by atoms with Gasteiger partial charge in [-0.2, -0.15) is 0 Å². The van der Waals surface area contributed by atoms with Gasteiger partial charge in [0.05, 0.1) is 18.9 Å². The molecule has 0 saturated carbocycles. The summed E-state index contributed by atoms with van der Waals surface area (Å²) in [5.74, 6) is -2.27. The minimum absolute atomic E-state index is 0.152. The number of aliphatic imine (C=N–C) groups is 1. The van der Waals surface area contributed by atoms with Crippen LogP contribution in [0.1, 0.15) is 52.5 Å². The van der Waals surface area contributed by atoms with Gasteiger partial charge in [0.15, 0.2) is 0 Å². The van der Waals surface area contributed by atoms with E-state index < -0.39 is 23.4 Å². The van der Waals surface area contributed by atoms with Gasteiger partial charge in [-0.1, -0.05) is 40.7 Å². The first-order valence-electron chi connectivity index (χ1n) is 10.9. The molecule has 6 nitrogen and oxygen atoms in total. The first-order chi connectivity index (χ1) is 15.9. The number of benzene rings is 1. The van der Waals surface area contributed by atoms with E-state index in [-0.39, 0.29) is 18.0 Å². The lowest BCUT2D eigenvalue weighted by Gasteiger charge is -2.06. The van der Waals surface area contributed by atoms with Crippen LogP contribution in [0.3, 0.4) is 0 Å². The number of nitrogens with zero attached hydrogens (tertiary/aromatic N) is 1. The van der Waals surface area contributed by atoms with E-state index in [2.05, 4.69) is 56.6 Å². The van der Waals surface area contributed by atoms with E-state index in [4.69, 9.17) is 10.5 Å². The minimum atomic E-state index is -0.954. The smallest absolute Gasteiger partial charge is 0.250 e. The van der Waals surface area contributed by atoms with Crippen LogP contribution in [0.15, 0.2) is 53.1 Å². The van der Waals surface area contributed by atoms with E-state index in [1.54, 1.807) is 13.2 Å². The molecule has 0 unspecified atom stereocenters. The van der Waals surface area contributed by atoms with Crippen molar-refractivity contribution in [1.29, 1.82) is 0 Å². The maximum Gasteiger partial charge on any atom is 0.250 e. The van der Waals surface area contributed by atoms with Crippen LogP contribution < -0.4 is 16.4 Å². The number of rotatable bonds is 11. The normalized spacial score (nSPS) is 10.9. The average Bonchev–Trinajstić information content (AvgIpc) is 2.74. The predicted octanol–water partition coefficient (Wildman–Crippen LogP) is 5.32. The maximum absolute atomic E-state index is 13.2. The number of nitrogens with two attached hydrogens (primary N) is 1. The Morgan fingerprint density at radius 3 is 2.12 bits per heavy atom. The van der Waals surface area contributed by atoms with Crippen molar-refractivity contribution in [2.24, 2.45) is 16.6 Å². The zero-order valence-electron chi connectivity index (χ0n) is 21.1. The molecule has 0 spiro atoms. The summed E-state index contributed by atoms with van der Waals surface area (Å²) in [6, 6.07) is 1.24. The van der Waals surface area contributed by atoms with Crippen molar-refractivity contribution in [1.82, 2.24) is 10.6 Å². The van der Waals surface area contributed by atoms with Gasteiger partial charge in [0.2, 0.25) is 11.8 Å². The highest BCUT2D eigenvalue weighted by Crippen LogP contribution is 2.15. The molecule has 0 aliphatic rings. The van der Waals surface area contributed by atoms with Gasteiger partial charge in [0, 0.05) is 37.5 Å². The summed E-state index contributed by atoms with van der Waals surface area (Å²) in [4.78, 5) is 14.4. The molecule has 1 amide bonds. The Hall–Kier alpha value is -3.23. The lowest BCUT2D eigenvalue weighted by Crippen LogP contribution is -2.17. The molecule has 4 N–H and O–H groups in total. The quantitative estimate of drug-likeness (QED) is 0.172. The largest absolute Gasteiger partial charge is 0.480 e. The second-order valence-electron chi connectivity index (χ2n) is 7.72. The number of amides is 1. The van der Waals surface area contributed by atoms with Gasteiger partial charge >= 0.3 is 0 Å². The van der Waals surface area contributed by atoms with Crippen LogP contribution in [0.4, 0.5) is 13.2 Å². The number of carbonyl (C=O) groups is 1. The van der Waals surface area contributed by atoms with Crippen molar-refractivity contribution in [2.75, 3.05) is 14.2 Å². The number of nitrogens with one attached hydrogen (secondary N) is 2. The molecule has 0 aromatic heterocycles. The van der Waals surface area contributed by atoms with Crippen molar-refractivity contribution in [3.63, 3.8) is 0 Å². The molecule has 192 valence electrons. The number of halogens is 3. The Labute approximate surface area is 201 Å². The molecule has 0 bridgehead atoms. The van der Waals surface area contributed by atoms with E-state index in [9.17, 15) is 18.0 Å². The molecule has 0 aliphatic carbocycles. The van der Waals surface area contributed by atoms with Gasteiger partial charge in [0.1, 0.15) is 17.5 Å². The van der Waals surface area contributed by atoms with Crippen LogP contribution in [0, 0.1) is 23.4 Å². The average molecular weight is 485 g/mol. The molecular weight excluding hydrogens is 445 g/mol. The molecule has 0 saturated heterocycles. The van der Waals surface area contributed by atoms with Crippen LogP contribution in [-0.4, -0.2) is 26.8 Å². The van der Waals surface area contributed by atoms with Gasteiger partial charge in [-0.3, -0.25) is 4.79 Å². The number of hydrogen-bond acceptors (Lipinski definition) is 5. The standard InChI is InChI=1S/C11H11F3N2O.C10H18N2O.C4H10/c1-15-11(17-2)6-16-5-8-9(13)3-7(12)4-10(8)14;1-4-5-6-8(2)9(7-12-3)10(11)13;1-4(2)3/h3-4,6,16H,1,5H2,2H3;7,12H,2,4-6H2,1,3H3,(H2,11,13);4H,1-3H3/b11-6-;9-7+;. The van der Waals surface area contributed by atoms with Crippen molar-refractivity contribution < 1.29 is 22.7 Å². The summed E-state index contributed by atoms with van der Waals surface area (Å²) in [6.07, 6.45) is 5.85. The number of primary amides is 1. The maximum atomic E-state index is 13.2. The van der Waals surface area contributed by atoms with Crippen LogP contribution >= 0.6 is 0 Å². The lowest BCUT2D eigenvalue weighted by molar-refractivity contribution is -0.114. The molecule has 34 heavy (non-hydrogen) atoms. The Bertz CT molecular complexity index is 812. The van der Waals surface area contributed by atoms with Gasteiger partial charge in [-0.25, -0.2) is 18.2 Å². The van der Waals surface area contributed by atoms with Crippen LogP contribution in [-0.2, 0) is 16.1 Å². The van der Waals surface area contributed by atoms with Crippen molar-refractivity contribution >= 4 is 12.6 Å². The fourth-order valence-corrected chi connectivity index (χ4v) is 2.17. The van der Waals surface area contributed by atoms with Crippen LogP contribution in [0.2, 0.25) is 0 Å². The molecule has 0 atom stereocenters. The third kappa shape index (κ3) is 15.6. The Kier molecular flexibility index (Phi) is 18.7. The Morgan fingerprint density at radius 2 is 1.74 bits per heavy atom. The number of carbonyl (C=O) groups excluding carboxylic acids is 1. The molecule has 0 aliphatic heterocycles. The van der Waals surface area contributed by atoms with Crippen LogP contribution in [0.5, 0.6) is 0 Å². The van der Waals surface area contributed by atoms with Gasteiger partial charge in [-0.15, -0.1) is 0 Å². The number of unbranched alkanes of at least 4 members (excludes halogenated alkanes) is 1. The third-order valence-corrected chi connectivity index (χ3v) is 3.74. The fraction of sp³-hybridized carbons (Fsp3) is 0.440. The molecule has 0 fully saturated rings. The van der Waals surface area contributed by atoms with E-state index in [0.717, 1.165) is 30.8 Å². The zero-order chi connectivity index (χ0) is 26.7. The summed E-state index contributed by atoms with van der Waals surface area (Å²) < 4.78 is 43.7. The highest BCUT2D eigenvalue weighted by Gasteiger charge is 2.10. The second kappa shape index (κ2) is 19.3. The van der Waals surface area contributed by atoms with Gasteiger partial charge < -0.3 is 21.1 Å². The summed E-state index contributed by atoms with van der Waals surface area (Å²) in [6.45, 7) is 15.5. The highest BCUT2D eigenvalue weighted by atomic mass is 19.1. The lowest BCUT2D eigenvalue weighted by atomic mass is 10.0. The molecule has 1 aromatic carbocycles. The van der Waals surface area contributed by atoms with Crippen molar-refractivity contribution in [3.8, 4) is 0 Å². The molecule has 9 heteroatoms. The summed E-state index contributed by atoms with van der Waals surface area (Å²) in [5, 5.41) is 5.36. The first kappa shape index (κ1) is 32.9. The molecule has 1 rings (SSSR count). The number of ether oxygens (including phenoxy) is 1.